The molecule has 0 saturated heterocycles. The molecule has 1 aromatic rings. The van der Waals surface area contributed by atoms with Gasteiger partial charge in [-0.2, -0.15) is 0 Å². The van der Waals surface area contributed by atoms with Crippen LogP contribution in [0.15, 0.2) is 18.3 Å². The molecular weight excluding hydrogens is 192 g/mol. The molecule has 0 bridgehead atoms. The van der Waals surface area contributed by atoms with Gasteiger partial charge in [0.2, 0.25) is 0 Å². The van der Waals surface area contributed by atoms with Gasteiger partial charge in [-0.15, -0.1) is 0 Å². The molecule has 84 valence electrons. The van der Waals surface area contributed by atoms with Crippen molar-refractivity contribution in [2.75, 3.05) is 6.61 Å². The maximum absolute atomic E-state index is 9.72. The van der Waals surface area contributed by atoms with E-state index in [-0.39, 0.29) is 6.61 Å². The van der Waals surface area contributed by atoms with Gasteiger partial charge in [0.05, 0.1) is 17.5 Å². The largest absolute Gasteiger partial charge is 0.489 e. The molecule has 0 amide bonds. The summed E-state index contributed by atoms with van der Waals surface area (Å²) in [4.78, 5) is 4.09. The van der Waals surface area contributed by atoms with Crippen LogP contribution in [0.3, 0.4) is 0 Å². The summed E-state index contributed by atoms with van der Waals surface area (Å²) in [6.07, 6.45) is 2.27. The molecule has 0 aliphatic heterocycles. The summed E-state index contributed by atoms with van der Waals surface area (Å²) in [5, 5.41) is 9.72. The predicted molar refractivity (Wildman–Crippen MR) is 58.5 cm³/mol. The zero-order valence-electron chi connectivity index (χ0n) is 9.23. The summed E-state index contributed by atoms with van der Waals surface area (Å²) in [6.45, 7) is 4.36. The highest BCUT2D eigenvalue weighted by Crippen LogP contribution is 2.14. The molecule has 1 rings (SSSR count). The summed E-state index contributed by atoms with van der Waals surface area (Å²) in [5.41, 5.74) is 5.46. The van der Waals surface area contributed by atoms with Gasteiger partial charge in [-0.1, -0.05) is 6.92 Å². The highest BCUT2D eigenvalue weighted by atomic mass is 16.5. The van der Waals surface area contributed by atoms with Gasteiger partial charge in [-0.25, -0.2) is 0 Å². The Balaban J connectivity index is 2.51. The number of pyridine rings is 1. The highest BCUT2D eigenvalue weighted by molar-refractivity contribution is 5.19. The summed E-state index contributed by atoms with van der Waals surface area (Å²) in [5.74, 6) is 0.654. The number of rotatable bonds is 5. The van der Waals surface area contributed by atoms with Crippen LogP contribution in [0.4, 0.5) is 0 Å². The molecule has 0 aromatic carbocycles. The molecule has 1 heterocycles. The second-order valence-electron chi connectivity index (χ2n) is 3.83. The second kappa shape index (κ2) is 5.09. The van der Waals surface area contributed by atoms with Crippen molar-refractivity contribution in [3.8, 4) is 5.75 Å². The first-order valence-electron chi connectivity index (χ1n) is 5.07. The van der Waals surface area contributed by atoms with Crippen LogP contribution >= 0.6 is 0 Å². The van der Waals surface area contributed by atoms with E-state index in [1.54, 1.807) is 19.2 Å². The van der Waals surface area contributed by atoms with Crippen molar-refractivity contribution in [3.63, 3.8) is 0 Å². The standard InChI is InChI=1S/C11H18N2O2/c1-3-11(2,14)8-15-10-5-4-9(6-12)13-7-10/h4-5,7,14H,3,6,8,12H2,1-2H3. The van der Waals surface area contributed by atoms with E-state index in [1.165, 1.54) is 0 Å². The van der Waals surface area contributed by atoms with Gasteiger partial charge in [0.1, 0.15) is 12.4 Å². The maximum Gasteiger partial charge on any atom is 0.137 e. The van der Waals surface area contributed by atoms with E-state index in [0.717, 1.165) is 5.69 Å². The van der Waals surface area contributed by atoms with Gasteiger partial charge >= 0.3 is 0 Å². The van der Waals surface area contributed by atoms with E-state index in [9.17, 15) is 5.11 Å². The fraction of sp³-hybridized carbons (Fsp3) is 0.545. The summed E-state index contributed by atoms with van der Waals surface area (Å²) < 4.78 is 5.41. The lowest BCUT2D eigenvalue weighted by molar-refractivity contribution is 0.00835. The molecule has 4 nitrogen and oxygen atoms in total. The summed E-state index contributed by atoms with van der Waals surface area (Å²) >= 11 is 0. The van der Waals surface area contributed by atoms with Gasteiger partial charge in [-0.3, -0.25) is 4.98 Å². The molecule has 0 radical (unpaired) electrons. The topological polar surface area (TPSA) is 68.4 Å². The normalized spacial score (nSPS) is 14.7. The maximum atomic E-state index is 9.72. The first-order valence-corrected chi connectivity index (χ1v) is 5.07. The Hall–Kier alpha value is -1.13. The molecule has 1 atom stereocenters. The molecule has 15 heavy (non-hydrogen) atoms. The van der Waals surface area contributed by atoms with E-state index in [1.807, 2.05) is 13.0 Å². The first kappa shape index (κ1) is 11.9. The SMILES string of the molecule is CCC(C)(O)COc1ccc(CN)nc1. The Kier molecular flexibility index (Phi) is 4.05. The Morgan fingerprint density at radius 1 is 1.53 bits per heavy atom. The average molecular weight is 210 g/mol. The van der Waals surface area contributed by atoms with Crippen molar-refractivity contribution in [1.29, 1.82) is 0 Å². The lowest BCUT2D eigenvalue weighted by Gasteiger charge is -2.21. The number of hydrogen-bond acceptors (Lipinski definition) is 4. The van der Waals surface area contributed by atoms with Crippen LogP contribution in [0.1, 0.15) is 26.0 Å². The third kappa shape index (κ3) is 3.85. The Morgan fingerprint density at radius 3 is 2.73 bits per heavy atom. The third-order valence-electron chi connectivity index (χ3n) is 2.32. The number of ether oxygens (including phenoxy) is 1. The van der Waals surface area contributed by atoms with Crippen molar-refractivity contribution in [3.05, 3.63) is 24.0 Å². The highest BCUT2D eigenvalue weighted by Gasteiger charge is 2.18. The number of nitrogens with two attached hydrogens (primary N) is 1. The first-order chi connectivity index (χ1) is 7.07. The molecule has 0 spiro atoms. The molecule has 1 aromatic heterocycles. The third-order valence-corrected chi connectivity index (χ3v) is 2.32. The smallest absolute Gasteiger partial charge is 0.137 e. The molecule has 3 N–H and O–H groups in total. The Labute approximate surface area is 90.1 Å². The van der Waals surface area contributed by atoms with E-state index < -0.39 is 5.60 Å². The van der Waals surface area contributed by atoms with Crippen molar-refractivity contribution >= 4 is 0 Å². The second-order valence-corrected chi connectivity index (χ2v) is 3.83. The van der Waals surface area contributed by atoms with E-state index >= 15 is 0 Å². The Bertz CT molecular complexity index is 296. The summed E-state index contributed by atoms with van der Waals surface area (Å²) in [6, 6.07) is 3.62. The van der Waals surface area contributed by atoms with Crippen molar-refractivity contribution in [1.82, 2.24) is 4.98 Å². The van der Waals surface area contributed by atoms with Crippen LogP contribution in [0.2, 0.25) is 0 Å². The van der Waals surface area contributed by atoms with Crippen LogP contribution in [0.25, 0.3) is 0 Å². The minimum absolute atomic E-state index is 0.271. The van der Waals surface area contributed by atoms with Gasteiger partial charge in [0, 0.05) is 6.54 Å². The predicted octanol–water partition coefficient (Wildman–Crippen LogP) is 1.08. The van der Waals surface area contributed by atoms with Crippen molar-refractivity contribution < 1.29 is 9.84 Å². The fourth-order valence-electron chi connectivity index (χ4n) is 0.958. The number of aliphatic hydroxyl groups is 1. The molecule has 0 aliphatic rings. The summed E-state index contributed by atoms with van der Waals surface area (Å²) in [7, 11) is 0. The lowest BCUT2D eigenvalue weighted by atomic mass is 10.1. The average Bonchev–Trinajstić information content (AvgIpc) is 2.27. The molecule has 1 unspecified atom stereocenters. The minimum atomic E-state index is -0.785. The van der Waals surface area contributed by atoms with Gasteiger partial charge in [0.15, 0.2) is 0 Å². The molecule has 0 fully saturated rings. The van der Waals surface area contributed by atoms with Crippen LogP contribution in [0, 0.1) is 0 Å². The van der Waals surface area contributed by atoms with Gasteiger partial charge in [0.25, 0.3) is 0 Å². The Morgan fingerprint density at radius 2 is 2.27 bits per heavy atom. The van der Waals surface area contributed by atoms with Gasteiger partial charge in [-0.05, 0) is 25.5 Å². The van der Waals surface area contributed by atoms with Crippen LogP contribution in [-0.2, 0) is 6.54 Å². The van der Waals surface area contributed by atoms with Crippen molar-refractivity contribution in [2.24, 2.45) is 5.73 Å². The zero-order valence-corrected chi connectivity index (χ0v) is 9.23. The van der Waals surface area contributed by atoms with Crippen LogP contribution in [0.5, 0.6) is 5.75 Å². The van der Waals surface area contributed by atoms with Crippen molar-refractivity contribution in [2.45, 2.75) is 32.4 Å². The number of aromatic nitrogens is 1. The van der Waals surface area contributed by atoms with E-state index in [0.29, 0.717) is 18.7 Å². The zero-order chi connectivity index (χ0) is 11.3. The molecule has 4 heteroatoms. The minimum Gasteiger partial charge on any atom is -0.489 e. The van der Waals surface area contributed by atoms with Gasteiger partial charge < -0.3 is 15.6 Å². The van der Waals surface area contributed by atoms with E-state index in [4.69, 9.17) is 10.5 Å². The van der Waals surface area contributed by atoms with Crippen LogP contribution in [-0.4, -0.2) is 22.3 Å². The molecule has 0 saturated carbocycles. The monoisotopic (exact) mass is 210 g/mol. The number of nitrogens with zero attached hydrogens (tertiary/aromatic N) is 1. The quantitative estimate of drug-likeness (QED) is 0.763. The molecule has 0 aliphatic carbocycles. The fourth-order valence-corrected chi connectivity index (χ4v) is 0.958. The lowest BCUT2D eigenvalue weighted by Crippen LogP contribution is -2.31. The van der Waals surface area contributed by atoms with E-state index in [2.05, 4.69) is 4.98 Å². The molecular formula is C11H18N2O2. The number of hydrogen-bond donors (Lipinski definition) is 2. The van der Waals surface area contributed by atoms with Crippen LogP contribution < -0.4 is 10.5 Å².